The van der Waals surface area contributed by atoms with E-state index in [0.717, 1.165) is 23.8 Å². The predicted octanol–water partition coefficient (Wildman–Crippen LogP) is 3.86. The Kier molecular flexibility index (Phi) is 3.94. The molecule has 94 valence electrons. The van der Waals surface area contributed by atoms with E-state index in [0.29, 0.717) is 11.4 Å². The quantitative estimate of drug-likeness (QED) is 0.898. The number of halogens is 3. The van der Waals surface area contributed by atoms with Crippen LogP contribution in [0.15, 0.2) is 42.5 Å². The van der Waals surface area contributed by atoms with E-state index < -0.39 is 17.7 Å². The highest BCUT2D eigenvalue weighted by Crippen LogP contribution is 2.21. The van der Waals surface area contributed by atoms with E-state index in [-0.39, 0.29) is 5.56 Å². The first-order valence-corrected chi connectivity index (χ1v) is 5.89. The number of rotatable bonds is 3. The molecule has 1 nitrogen and oxygen atoms in total. The van der Waals surface area contributed by atoms with E-state index in [1.807, 2.05) is 6.07 Å². The van der Waals surface area contributed by atoms with Gasteiger partial charge in [-0.1, -0.05) is 23.7 Å². The molecule has 1 atom stereocenters. The van der Waals surface area contributed by atoms with E-state index >= 15 is 0 Å². The van der Waals surface area contributed by atoms with Gasteiger partial charge in [-0.15, -0.1) is 0 Å². The van der Waals surface area contributed by atoms with Crippen LogP contribution in [0.5, 0.6) is 0 Å². The van der Waals surface area contributed by atoms with Crippen LogP contribution < -0.4 is 5.73 Å². The second kappa shape index (κ2) is 5.46. The monoisotopic (exact) mass is 267 g/mol. The molecule has 0 saturated heterocycles. The Hall–Kier alpha value is -1.45. The first-order chi connectivity index (χ1) is 8.56. The summed E-state index contributed by atoms with van der Waals surface area (Å²) in [6.45, 7) is 0. The van der Waals surface area contributed by atoms with Crippen molar-refractivity contribution in [2.75, 3.05) is 0 Å². The lowest BCUT2D eigenvalue weighted by atomic mass is 9.99. The van der Waals surface area contributed by atoms with Gasteiger partial charge < -0.3 is 5.73 Å². The predicted molar refractivity (Wildman–Crippen MR) is 68.4 cm³/mol. The van der Waals surface area contributed by atoms with Crippen LogP contribution in [0, 0.1) is 11.6 Å². The average Bonchev–Trinajstić information content (AvgIpc) is 2.32. The maximum absolute atomic E-state index is 13.5. The highest BCUT2D eigenvalue weighted by Gasteiger charge is 2.13. The largest absolute Gasteiger partial charge is 0.324 e. The summed E-state index contributed by atoms with van der Waals surface area (Å²) in [6, 6.07) is 9.85. The molecule has 0 amide bonds. The molecule has 2 aromatic rings. The van der Waals surface area contributed by atoms with Crippen LogP contribution in [0.3, 0.4) is 0 Å². The third-order valence-corrected chi connectivity index (χ3v) is 2.94. The molecule has 0 aliphatic carbocycles. The minimum Gasteiger partial charge on any atom is -0.324 e. The van der Waals surface area contributed by atoms with Gasteiger partial charge in [-0.05, 0) is 42.3 Å². The molecule has 2 rings (SSSR count). The lowest BCUT2D eigenvalue weighted by molar-refractivity contribution is 0.561. The van der Waals surface area contributed by atoms with Gasteiger partial charge in [-0.3, -0.25) is 0 Å². The normalized spacial score (nSPS) is 12.4. The van der Waals surface area contributed by atoms with Crippen LogP contribution in [-0.2, 0) is 6.42 Å². The van der Waals surface area contributed by atoms with Crippen molar-refractivity contribution in [1.82, 2.24) is 0 Å². The Morgan fingerprint density at radius 2 is 1.89 bits per heavy atom. The minimum atomic E-state index is -0.598. The van der Waals surface area contributed by atoms with Gasteiger partial charge in [0.2, 0.25) is 0 Å². The van der Waals surface area contributed by atoms with Crippen molar-refractivity contribution < 1.29 is 8.78 Å². The van der Waals surface area contributed by atoms with Crippen molar-refractivity contribution in [2.45, 2.75) is 12.5 Å². The van der Waals surface area contributed by atoms with Crippen molar-refractivity contribution in [3.63, 3.8) is 0 Å². The van der Waals surface area contributed by atoms with Crippen LogP contribution in [0.2, 0.25) is 5.02 Å². The summed E-state index contributed by atoms with van der Waals surface area (Å²) in [7, 11) is 0. The molecule has 0 saturated carbocycles. The molecule has 0 heterocycles. The maximum atomic E-state index is 13.5. The zero-order valence-corrected chi connectivity index (χ0v) is 10.3. The van der Waals surface area contributed by atoms with Gasteiger partial charge in [-0.2, -0.15) is 0 Å². The van der Waals surface area contributed by atoms with E-state index in [4.69, 9.17) is 17.3 Å². The number of hydrogen-bond donors (Lipinski definition) is 1. The average molecular weight is 268 g/mol. The van der Waals surface area contributed by atoms with Crippen molar-refractivity contribution in [3.05, 3.63) is 70.2 Å². The maximum Gasteiger partial charge on any atom is 0.128 e. The Labute approximate surface area is 109 Å². The molecular weight excluding hydrogens is 256 g/mol. The Bertz CT molecular complexity index is 557. The number of hydrogen-bond acceptors (Lipinski definition) is 1. The molecule has 0 bridgehead atoms. The summed E-state index contributed by atoms with van der Waals surface area (Å²) in [5.41, 5.74) is 6.96. The van der Waals surface area contributed by atoms with Gasteiger partial charge in [-0.25, -0.2) is 8.78 Å². The third kappa shape index (κ3) is 3.06. The summed E-state index contributed by atoms with van der Waals surface area (Å²) in [6.07, 6.45) is 0.404. The van der Waals surface area contributed by atoms with Gasteiger partial charge >= 0.3 is 0 Å². The Morgan fingerprint density at radius 3 is 2.61 bits per heavy atom. The second-order valence-electron chi connectivity index (χ2n) is 4.11. The van der Waals surface area contributed by atoms with Crippen LogP contribution in [0.4, 0.5) is 8.78 Å². The number of benzene rings is 2. The van der Waals surface area contributed by atoms with E-state index in [1.54, 1.807) is 18.2 Å². The highest BCUT2D eigenvalue weighted by molar-refractivity contribution is 6.30. The van der Waals surface area contributed by atoms with Crippen molar-refractivity contribution in [2.24, 2.45) is 5.73 Å². The molecule has 0 fully saturated rings. The van der Waals surface area contributed by atoms with Gasteiger partial charge in [0.25, 0.3) is 0 Å². The lowest BCUT2D eigenvalue weighted by Gasteiger charge is -2.13. The summed E-state index contributed by atoms with van der Waals surface area (Å²) in [5.74, 6) is -0.987. The summed E-state index contributed by atoms with van der Waals surface area (Å²) in [4.78, 5) is 0. The molecule has 1 unspecified atom stereocenters. The summed E-state index contributed by atoms with van der Waals surface area (Å²) in [5, 5.41) is 0.597. The topological polar surface area (TPSA) is 26.0 Å². The Morgan fingerprint density at radius 1 is 1.11 bits per heavy atom. The minimum absolute atomic E-state index is 0.176. The molecule has 0 radical (unpaired) electrons. The van der Waals surface area contributed by atoms with E-state index in [9.17, 15) is 8.78 Å². The van der Waals surface area contributed by atoms with Crippen LogP contribution in [0.25, 0.3) is 0 Å². The van der Waals surface area contributed by atoms with Gasteiger partial charge in [0, 0.05) is 16.6 Å². The zero-order chi connectivity index (χ0) is 13.1. The van der Waals surface area contributed by atoms with Crippen LogP contribution in [-0.4, -0.2) is 0 Å². The lowest BCUT2D eigenvalue weighted by Crippen LogP contribution is -2.15. The standard InChI is InChI=1S/C14H12ClF2N/c15-10-3-1-2-9(6-10)7-14(18)12-8-11(16)4-5-13(12)17/h1-6,8,14H,7,18H2. The fourth-order valence-electron chi connectivity index (χ4n) is 1.83. The summed E-state index contributed by atoms with van der Waals surface area (Å²) >= 11 is 5.86. The fourth-order valence-corrected chi connectivity index (χ4v) is 2.04. The van der Waals surface area contributed by atoms with Gasteiger partial charge in [0.15, 0.2) is 0 Å². The van der Waals surface area contributed by atoms with Crippen molar-refractivity contribution >= 4 is 11.6 Å². The van der Waals surface area contributed by atoms with Crippen LogP contribution in [0.1, 0.15) is 17.2 Å². The molecule has 4 heteroatoms. The fraction of sp³-hybridized carbons (Fsp3) is 0.143. The number of nitrogens with two attached hydrogens (primary N) is 1. The Balaban J connectivity index is 2.21. The highest BCUT2D eigenvalue weighted by atomic mass is 35.5. The first-order valence-electron chi connectivity index (χ1n) is 5.51. The van der Waals surface area contributed by atoms with Gasteiger partial charge in [0.05, 0.1) is 0 Å². The van der Waals surface area contributed by atoms with Crippen LogP contribution >= 0.6 is 11.6 Å². The molecule has 0 aliphatic rings. The van der Waals surface area contributed by atoms with E-state index in [2.05, 4.69) is 0 Å². The SMILES string of the molecule is NC(Cc1cccc(Cl)c1)c1cc(F)ccc1F. The second-order valence-corrected chi connectivity index (χ2v) is 4.54. The molecule has 2 aromatic carbocycles. The molecule has 0 aromatic heterocycles. The van der Waals surface area contributed by atoms with Crippen molar-refractivity contribution in [3.8, 4) is 0 Å². The molecule has 0 aliphatic heterocycles. The molecule has 18 heavy (non-hydrogen) atoms. The van der Waals surface area contributed by atoms with E-state index in [1.165, 1.54) is 0 Å². The van der Waals surface area contributed by atoms with Crippen molar-refractivity contribution in [1.29, 1.82) is 0 Å². The molecule has 2 N–H and O–H groups in total. The first kappa shape index (κ1) is 13.0. The zero-order valence-electron chi connectivity index (χ0n) is 9.54. The third-order valence-electron chi connectivity index (χ3n) is 2.70. The van der Waals surface area contributed by atoms with Gasteiger partial charge in [0.1, 0.15) is 11.6 Å². The summed E-state index contributed by atoms with van der Waals surface area (Å²) < 4.78 is 26.6. The molecule has 0 spiro atoms. The smallest absolute Gasteiger partial charge is 0.128 e. The molecular formula is C14H12ClF2N.